The van der Waals surface area contributed by atoms with E-state index in [0.717, 1.165) is 12.8 Å². The molecular weight excluding hydrogens is 234 g/mol. The normalized spacial score (nSPS) is 12.9. The second kappa shape index (κ2) is 7.18. The fraction of sp³-hybridized carbons (Fsp3) is 0.615. The number of furan rings is 1. The monoisotopic (exact) mass is 255 g/mol. The van der Waals surface area contributed by atoms with Crippen LogP contribution in [0.1, 0.15) is 42.8 Å². The number of aliphatic hydroxyl groups excluding tert-OH is 1. The SMILES string of the molecule is CCC(CC)C(O)CNCc1cc(C(=O)O)co1. The number of aromatic carboxylic acids is 1. The number of aliphatic hydroxyl groups is 1. The maximum absolute atomic E-state index is 10.6. The zero-order chi connectivity index (χ0) is 13.5. The van der Waals surface area contributed by atoms with Crippen LogP contribution in [0, 0.1) is 5.92 Å². The summed E-state index contributed by atoms with van der Waals surface area (Å²) in [4.78, 5) is 10.6. The molecule has 0 bridgehead atoms. The molecule has 0 saturated carbocycles. The molecule has 0 radical (unpaired) electrons. The highest BCUT2D eigenvalue weighted by molar-refractivity contribution is 5.87. The molecule has 1 heterocycles. The molecule has 1 rings (SSSR count). The van der Waals surface area contributed by atoms with E-state index in [2.05, 4.69) is 19.2 Å². The van der Waals surface area contributed by atoms with Crippen molar-refractivity contribution < 1.29 is 19.4 Å². The summed E-state index contributed by atoms with van der Waals surface area (Å²) in [6, 6.07) is 1.48. The Balaban J connectivity index is 2.34. The van der Waals surface area contributed by atoms with E-state index in [0.29, 0.717) is 24.8 Å². The van der Waals surface area contributed by atoms with Crippen LogP contribution in [0.15, 0.2) is 16.7 Å². The van der Waals surface area contributed by atoms with Crippen molar-refractivity contribution >= 4 is 5.97 Å². The molecule has 0 spiro atoms. The highest BCUT2D eigenvalue weighted by atomic mass is 16.4. The fourth-order valence-electron chi connectivity index (χ4n) is 1.93. The van der Waals surface area contributed by atoms with Gasteiger partial charge in [0, 0.05) is 6.54 Å². The van der Waals surface area contributed by atoms with Crippen molar-refractivity contribution in [3.05, 3.63) is 23.7 Å². The van der Waals surface area contributed by atoms with Crippen molar-refractivity contribution in [3.8, 4) is 0 Å². The molecule has 1 atom stereocenters. The van der Waals surface area contributed by atoms with Gasteiger partial charge in [-0.2, -0.15) is 0 Å². The lowest BCUT2D eigenvalue weighted by molar-refractivity contribution is 0.0696. The molecule has 0 saturated heterocycles. The Morgan fingerprint density at radius 2 is 2.11 bits per heavy atom. The highest BCUT2D eigenvalue weighted by Crippen LogP contribution is 2.12. The number of rotatable bonds is 8. The van der Waals surface area contributed by atoms with Gasteiger partial charge in [-0.1, -0.05) is 26.7 Å². The number of carbonyl (C=O) groups is 1. The van der Waals surface area contributed by atoms with Crippen molar-refractivity contribution in [2.24, 2.45) is 5.92 Å². The predicted octanol–water partition coefficient (Wildman–Crippen LogP) is 1.86. The summed E-state index contributed by atoms with van der Waals surface area (Å²) in [6.45, 7) is 5.02. The average molecular weight is 255 g/mol. The van der Waals surface area contributed by atoms with Gasteiger partial charge in [0.25, 0.3) is 0 Å². The Labute approximate surface area is 107 Å². The molecule has 0 aliphatic heterocycles. The van der Waals surface area contributed by atoms with Crippen LogP contribution in [0.3, 0.4) is 0 Å². The zero-order valence-electron chi connectivity index (χ0n) is 10.8. The van der Waals surface area contributed by atoms with Gasteiger partial charge in [-0.3, -0.25) is 0 Å². The van der Waals surface area contributed by atoms with Crippen LogP contribution in [-0.4, -0.2) is 28.8 Å². The summed E-state index contributed by atoms with van der Waals surface area (Å²) in [5.41, 5.74) is 0.146. The maximum Gasteiger partial charge on any atom is 0.338 e. The van der Waals surface area contributed by atoms with Gasteiger partial charge in [-0.05, 0) is 12.0 Å². The van der Waals surface area contributed by atoms with Gasteiger partial charge in [0.05, 0.1) is 18.2 Å². The molecule has 0 fully saturated rings. The Morgan fingerprint density at radius 1 is 1.44 bits per heavy atom. The van der Waals surface area contributed by atoms with Gasteiger partial charge in [0.1, 0.15) is 12.0 Å². The van der Waals surface area contributed by atoms with Crippen LogP contribution >= 0.6 is 0 Å². The van der Waals surface area contributed by atoms with Gasteiger partial charge < -0.3 is 19.9 Å². The number of hydrogen-bond donors (Lipinski definition) is 3. The molecule has 0 aromatic carbocycles. The van der Waals surface area contributed by atoms with Crippen LogP contribution in [0.2, 0.25) is 0 Å². The van der Waals surface area contributed by atoms with Gasteiger partial charge >= 0.3 is 5.97 Å². The fourth-order valence-corrected chi connectivity index (χ4v) is 1.93. The number of nitrogens with one attached hydrogen (secondary N) is 1. The Kier molecular flexibility index (Phi) is 5.88. The molecule has 102 valence electrons. The number of carboxylic acids is 1. The minimum absolute atomic E-state index is 0.146. The first-order valence-corrected chi connectivity index (χ1v) is 6.27. The first-order valence-electron chi connectivity index (χ1n) is 6.27. The quantitative estimate of drug-likeness (QED) is 0.660. The Morgan fingerprint density at radius 3 is 2.61 bits per heavy atom. The molecule has 18 heavy (non-hydrogen) atoms. The molecule has 3 N–H and O–H groups in total. The molecule has 0 aliphatic carbocycles. The Bertz CT molecular complexity index is 371. The molecule has 1 aromatic heterocycles. The third-order valence-corrected chi connectivity index (χ3v) is 3.15. The molecule has 5 heteroatoms. The van der Waals surface area contributed by atoms with E-state index in [4.69, 9.17) is 9.52 Å². The smallest absolute Gasteiger partial charge is 0.338 e. The first-order chi connectivity index (χ1) is 8.58. The summed E-state index contributed by atoms with van der Waals surface area (Å²) in [5.74, 6) is -0.144. The van der Waals surface area contributed by atoms with Gasteiger partial charge in [0.2, 0.25) is 0 Å². The number of hydrogen-bond acceptors (Lipinski definition) is 4. The van der Waals surface area contributed by atoms with Crippen LogP contribution in [0.4, 0.5) is 0 Å². The minimum Gasteiger partial charge on any atom is -0.478 e. The third-order valence-electron chi connectivity index (χ3n) is 3.15. The van der Waals surface area contributed by atoms with E-state index in [1.165, 1.54) is 12.3 Å². The summed E-state index contributed by atoms with van der Waals surface area (Å²) < 4.78 is 5.10. The van der Waals surface area contributed by atoms with Crippen LogP contribution in [0.25, 0.3) is 0 Å². The van der Waals surface area contributed by atoms with E-state index in [1.807, 2.05) is 0 Å². The molecule has 0 aliphatic rings. The van der Waals surface area contributed by atoms with Crippen LogP contribution in [0.5, 0.6) is 0 Å². The molecule has 0 amide bonds. The zero-order valence-corrected chi connectivity index (χ0v) is 10.8. The first kappa shape index (κ1) is 14.7. The minimum atomic E-state index is -0.998. The van der Waals surface area contributed by atoms with E-state index in [1.54, 1.807) is 0 Å². The van der Waals surface area contributed by atoms with Gasteiger partial charge in [-0.25, -0.2) is 4.79 Å². The summed E-state index contributed by atoms with van der Waals surface area (Å²) in [6.07, 6.45) is 2.73. The van der Waals surface area contributed by atoms with Crippen LogP contribution < -0.4 is 5.32 Å². The molecular formula is C13H21NO4. The molecule has 1 unspecified atom stereocenters. The van der Waals surface area contributed by atoms with Crippen molar-refractivity contribution in [2.75, 3.05) is 6.54 Å². The lowest BCUT2D eigenvalue weighted by atomic mass is 9.96. The maximum atomic E-state index is 10.6. The lowest BCUT2D eigenvalue weighted by Crippen LogP contribution is -2.32. The molecule has 1 aromatic rings. The lowest BCUT2D eigenvalue weighted by Gasteiger charge is -2.20. The highest BCUT2D eigenvalue weighted by Gasteiger charge is 2.15. The van der Waals surface area contributed by atoms with E-state index < -0.39 is 5.97 Å². The standard InChI is InChI=1S/C13H21NO4/c1-3-9(4-2)12(15)7-14-6-11-5-10(8-18-11)13(16)17/h5,8-9,12,14-15H,3-4,6-7H2,1-2H3,(H,16,17). The second-order valence-electron chi connectivity index (χ2n) is 4.38. The summed E-state index contributed by atoms with van der Waals surface area (Å²) >= 11 is 0. The number of carboxylic acid groups (broad SMARTS) is 1. The topological polar surface area (TPSA) is 82.7 Å². The van der Waals surface area contributed by atoms with E-state index >= 15 is 0 Å². The largest absolute Gasteiger partial charge is 0.478 e. The van der Waals surface area contributed by atoms with E-state index in [9.17, 15) is 9.90 Å². The second-order valence-corrected chi connectivity index (χ2v) is 4.38. The average Bonchev–Trinajstić information content (AvgIpc) is 2.79. The Hall–Kier alpha value is -1.33. The third kappa shape index (κ3) is 4.16. The van der Waals surface area contributed by atoms with Crippen molar-refractivity contribution in [1.82, 2.24) is 5.32 Å². The summed E-state index contributed by atoms with van der Waals surface area (Å²) in [7, 11) is 0. The predicted molar refractivity (Wildman–Crippen MR) is 67.5 cm³/mol. The van der Waals surface area contributed by atoms with Crippen molar-refractivity contribution in [3.63, 3.8) is 0 Å². The summed E-state index contributed by atoms with van der Waals surface area (Å²) in [5, 5.41) is 21.7. The molecule has 5 nitrogen and oxygen atoms in total. The van der Waals surface area contributed by atoms with Crippen LogP contribution in [-0.2, 0) is 6.54 Å². The van der Waals surface area contributed by atoms with Crippen molar-refractivity contribution in [1.29, 1.82) is 0 Å². The van der Waals surface area contributed by atoms with Gasteiger partial charge in [0.15, 0.2) is 0 Å². The van der Waals surface area contributed by atoms with Crippen molar-refractivity contribution in [2.45, 2.75) is 39.3 Å². The van der Waals surface area contributed by atoms with Gasteiger partial charge in [-0.15, -0.1) is 0 Å². The van der Waals surface area contributed by atoms with E-state index in [-0.39, 0.29) is 11.7 Å².